The molecule has 0 radical (unpaired) electrons. The Morgan fingerprint density at radius 1 is 1.20 bits per heavy atom. The van der Waals surface area contributed by atoms with Gasteiger partial charge in [0.2, 0.25) is 5.91 Å². The average Bonchev–Trinajstić information content (AvgIpc) is 3.13. The van der Waals surface area contributed by atoms with Crippen molar-refractivity contribution >= 4 is 22.6 Å². The highest BCUT2D eigenvalue weighted by Crippen LogP contribution is 2.33. The Kier molecular flexibility index (Phi) is 4.92. The van der Waals surface area contributed by atoms with E-state index in [-0.39, 0.29) is 22.9 Å². The summed E-state index contributed by atoms with van der Waals surface area (Å²) in [5.41, 5.74) is 0.168. The summed E-state index contributed by atoms with van der Waals surface area (Å²) >= 11 is 0. The number of amides is 1. The number of pyridine rings is 1. The van der Waals surface area contributed by atoms with E-state index >= 15 is 0 Å². The van der Waals surface area contributed by atoms with Crippen LogP contribution in [0.2, 0.25) is 0 Å². The largest absolute Gasteiger partial charge is 0.416 e. The van der Waals surface area contributed by atoms with Crippen molar-refractivity contribution in [2.75, 3.05) is 11.9 Å². The van der Waals surface area contributed by atoms with Gasteiger partial charge in [-0.2, -0.15) is 13.2 Å². The molecular weight excluding hydrogens is 399 g/mol. The maximum absolute atomic E-state index is 12.9. The summed E-state index contributed by atoms with van der Waals surface area (Å²) in [5.74, 6) is 0.297. The van der Waals surface area contributed by atoms with Crippen molar-refractivity contribution in [2.24, 2.45) is 7.05 Å². The molecule has 30 heavy (non-hydrogen) atoms. The quantitative estimate of drug-likeness (QED) is 0.682. The maximum Gasteiger partial charge on any atom is 0.416 e. The molecule has 1 aromatic carbocycles. The monoisotopic (exact) mass is 417 g/mol. The van der Waals surface area contributed by atoms with Crippen LogP contribution in [0.5, 0.6) is 0 Å². The third-order valence-corrected chi connectivity index (χ3v) is 5.07. The molecule has 2 aromatic heterocycles. The number of halogens is 3. The smallest absolute Gasteiger partial charge is 0.367 e. The van der Waals surface area contributed by atoms with Crippen molar-refractivity contribution < 1.29 is 18.0 Å². The van der Waals surface area contributed by atoms with E-state index in [1.165, 1.54) is 29.2 Å². The molecule has 3 heterocycles. The molecule has 1 aliphatic rings. The normalized spacial score (nSPS) is 16.7. The van der Waals surface area contributed by atoms with Gasteiger partial charge in [-0.3, -0.25) is 9.59 Å². The van der Waals surface area contributed by atoms with Gasteiger partial charge < -0.3 is 15.2 Å². The number of nitrogens with zero attached hydrogens (tertiary/aromatic N) is 3. The molecule has 0 aliphatic carbocycles. The minimum Gasteiger partial charge on any atom is -0.367 e. The summed E-state index contributed by atoms with van der Waals surface area (Å²) in [6.07, 6.45) is -0.455. The second-order valence-corrected chi connectivity index (χ2v) is 7.16. The fraction of sp³-hybridized carbons (Fsp3) is 0.300. The van der Waals surface area contributed by atoms with E-state index in [2.05, 4.69) is 20.6 Å². The molecule has 7 nitrogen and oxygen atoms in total. The zero-order chi connectivity index (χ0) is 21.5. The number of carbonyl (C=O) groups is 1. The Bertz CT molecular complexity index is 1170. The lowest BCUT2D eigenvalue weighted by atomic mass is 10.0. The van der Waals surface area contributed by atoms with Gasteiger partial charge in [0.1, 0.15) is 11.2 Å². The van der Waals surface area contributed by atoms with E-state index in [9.17, 15) is 22.8 Å². The number of aryl methyl sites for hydroxylation is 1. The second-order valence-electron chi connectivity index (χ2n) is 7.16. The zero-order valence-electron chi connectivity index (χ0n) is 16.0. The SMILES string of the molecule is Cn1cnc2c(-c3ccc(C(F)(F)F)cc3)cnc(NC[C@H]3CCC(=O)N3)c2c1=O. The Morgan fingerprint density at radius 2 is 1.93 bits per heavy atom. The first-order chi connectivity index (χ1) is 14.2. The first kappa shape index (κ1) is 19.9. The van der Waals surface area contributed by atoms with Gasteiger partial charge in [0, 0.05) is 37.8 Å². The van der Waals surface area contributed by atoms with E-state index in [1.807, 2.05) is 0 Å². The lowest BCUT2D eigenvalue weighted by Crippen LogP contribution is -2.32. The predicted molar refractivity (Wildman–Crippen MR) is 105 cm³/mol. The fourth-order valence-corrected chi connectivity index (χ4v) is 3.45. The Balaban J connectivity index is 1.75. The standard InChI is InChI=1S/C20H18F3N5O2/c1-28-10-26-17-14(11-2-4-12(5-3-11)20(21,22)23)9-25-18(16(17)19(28)30)24-8-13-6-7-15(29)27-13/h2-5,9-10,13H,6-8H2,1H3,(H,24,25)(H,27,29)/t13-/m1/s1. The molecule has 0 saturated carbocycles. The van der Waals surface area contributed by atoms with Gasteiger partial charge in [-0.25, -0.2) is 9.97 Å². The molecule has 1 atom stereocenters. The van der Waals surface area contributed by atoms with Crippen molar-refractivity contribution in [1.29, 1.82) is 0 Å². The number of benzene rings is 1. The number of nitrogens with one attached hydrogen (secondary N) is 2. The molecule has 3 aromatic rings. The molecule has 1 fully saturated rings. The number of rotatable bonds is 4. The van der Waals surface area contributed by atoms with Gasteiger partial charge in [0.15, 0.2) is 0 Å². The number of alkyl halides is 3. The van der Waals surface area contributed by atoms with Crippen molar-refractivity contribution in [3.05, 3.63) is 52.7 Å². The molecule has 0 bridgehead atoms. The number of hydrogen-bond acceptors (Lipinski definition) is 5. The van der Waals surface area contributed by atoms with E-state index in [0.29, 0.717) is 41.8 Å². The van der Waals surface area contributed by atoms with Crippen LogP contribution in [0.3, 0.4) is 0 Å². The lowest BCUT2D eigenvalue weighted by Gasteiger charge is -2.15. The third kappa shape index (κ3) is 3.72. The van der Waals surface area contributed by atoms with Gasteiger partial charge >= 0.3 is 6.18 Å². The van der Waals surface area contributed by atoms with Gasteiger partial charge in [-0.1, -0.05) is 12.1 Å². The van der Waals surface area contributed by atoms with E-state index in [0.717, 1.165) is 12.1 Å². The number of hydrogen-bond donors (Lipinski definition) is 2. The summed E-state index contributed by atoms with van der Waals surface area (Å²) in [4.78, 5) is 32.8. The van der Waals surface area contributed by atoms with Crippen LogP contribution in [0, 0.1) is 0 Å². The summed E-state index contributed by atoms with van der Waals surface area (Å²) < 4.78 is 39.9. The number of fused-ring (bicyclic) bond motifs is 1. The lowest BCUT2D eigenvalue weighted by molar-refractivity contribution is -0.137. The molecule has 1 saturated heterocycles. The van der Waals surface area contributed by atoms with Crippen molar-refractivity contribution in [1.82, 2.24) is 19.9 Å². The van der Waals surface area contributed by atoms with Crippen LogP contribution in [0.4, 0.5) is 19.0 Å². The van der Waals surface area contributed by atoms with Gasteiger partial charge in [-0.05, 0) is 24.1 Å². The van der Waals surface area contributed by atoms with Gasteiger partial charge in [0.05, 0.1) is 17.4 Å². The fourth-order valence-electron chi connectivity index (χ4n) is 3.45. The minimum atomic E-state index is -4.43. The number of anilines is 1. The van der Waals surface area contributed by atoms with Crippen LogP contribution in [0.25, 0.3) is 22.0 Å². The second kappa shape index (κ2) is 7.43. The Morgan fingerprint density at radius 3 is 2.57 bits per heavy atom. The summed E-state index contributed by atoms with van der Waals surface area (Å²) in [6.45, 7) is 0.394. The van der Waals surface area contributed by atoms with Crippen molar-refractivity contribution in [3.63, 3.8) is 0 Å². The topological polar surface area (TPSA) is 88.9 Å². The minimum absolute atomic E-state index is 0.0187. The van der Waals surface area contributed by atoms with Crippen LogP contribution in [-0.4, -0.2) is 33.0 Å². The van der Waals surface area contributed by atoms with Gasteiger partial charge in [-0.15, -0.1) is 0 Å². The highest BCUT2D eigenvalue weighted by atomic mass is 19.4. The Labute approximate surface area is 169 Å². The first-order valence-electron chi connectivity index (χ1n) is 9.29. The molecule has 10 heteroatoms. The van der Waals surface area contributed by atoms with E-state index in [1.54, 1.807) is 7.05 Å². The molecular formula is C20H18F3N5O2. The van der Waals surface area contributed by atoms with E-state index < -0.39 is 11.7 Å². The summed E-state index contributed by atoms with van der Waals surface area (Å²) in [7, 11) is 1.56. The molecule has 2 N–H and O–H groups in total. The number of aromatic nitrogens is 3. The summed E-state index contributed by atoms with van der Waals surface area (Å²) in [5, 5.41) is 6.17. The maximum atomic E-state index is 12.9. The molecule has 4 rings (SSSR count). The van der Waals surface area contributed by atoms with Crippen LogP contribution >= 0.6 is 0 Å². The molecule has 0 spiro atoms. The highest BCUT2D eigenvalue weighted by Gasteiger charge is 2.30. The van der Waals surface area contributed by atoms with Crippen molar-refractivity contribution in [3.8, 4) is 11.1 Å². The third-order valence-electron chi connectivity index (χ3n) is 5.07. The molecule has 0 unspecified atom stereocenters. The van der Waals surface area contributed by atoms with Crippen LogP contribution < -0.4 is 16.2 Å². The first-order valence-corrected chi connectivity index (χ1v) is 9.29. The zero-order valence-corrected chi connectivity index (χ0v) is 16.0. The van der Waals surface area contributed by atoms with Crippen LogP contribution in [0.15, 0.2) is 41.6 Å². The Hall–Kier alpha value is -3.43. The highest BCUT2D eigenvalue weighted by molar-refractivity contribution is 5.98. The van der Waals surface area contributed by atoms with Crippen LogP contribution in [-0.2, 0) is 18.0 Å². The molecule has 1 aliphatic heterocycles. The van der Waals surface area contributed by atoms with Crippen LogP contribution in [0.1, 0.15) is 18.4 Å². The van der Waals surface area contributed by atoms with Crippen molar-refractivity contribution in [2.45, 2.75) is 25.1 Å². The predicted octanol–water partition coefficient (Wildman–Crippen LogP) is 2.70. The number of carbonyl (C=O) groups excluding carboxylic acids is 1. The average molecular weight is 417 g/mol. The molecule has 1 amide bonds. The molecule has 156 valence electrons. The summed E-state index contributed by atoms with van der Waals surface area (Å²) in [6, 6.07) is 4.57. The van der Waals surface area contributed by atoms with Gasteiger partial charge in [0.25, 0.3) is 5.56 Å². The van der Waals surface area contributed by atoms with E-state index in [4.69, 9.17) is 0 Å².